The van der Waals surface area contributed by atoms with E-state index in [0.717, 1.165) is 17.7 Å². The van der Waals surface area contributed by atoms with Gasteiger partial charge >= 0.3 is 11.9 Å². The highest BCUT2D eigenvalue weighted by atomic mass is 19.1. The minimum absolute atomic E-state index is 0.248. The van der Waals surface area contributed by atoms with E-state index in [9.17, 15) is 8.78 Å². The van der Waals surface area contributed by atoms with E-state index in [4.69, 9.17) is 29.3 Å². The number of carbonyl (C=O) groups is 2. The number of halogens is 2. The molecule has 0 aromatic heterocycles. The molecule has 3 N–H and O–H groups in total. The van der Waals surface area contributed by atoms with Gasteiger partial charge < -0.3 is 25.0 Å². The molecule has 0 radical (unpaired) electrons. The largest absolute Gasteiger partial charge is 0.493 e. The van der Waals surface area contributed by atoms with Crippen LogP contribution in [0.1, 0.15) is 11.1 Å². The highest BCUT2D eigenvalue weighted by Gasteiger charge is 2.06. The molecule has 0 saturated heterocycles. The molecular formula is C18H19F2NO6. The zero-order valence-corrected chi connectivity index (χ0v) is 14.7. The molecule has 0 unspecified atom stereocenters. The molecule has 0 saturated carbocycles. The molecule has 146 valence electrons. The molecular weight excluding hydrogens is 364 g/mol. The Bertz CT molecular complexity index is 785. The van der Waals surface area contributed by atoms with Crippen molar-refractivity contribution in [1.82, 2.24) is 5.32 Å². The average molecular weight is 383 g/mol. The summed E-state index contributed by atoms with van der Waals surface area (Å²) in [5, 5.41) is 17.9. The van der Waals surface area contributed by atoms with Gasteiger partial charge in [0, 0.05) is 18.7 Å². The molecule has 9 heteroatoms. The van der Waals surface area contributed by atoms with Crippen LogP contribution in [0.2, 0.25) is 0 Å². The summed E-state index contributed by atoms with van der Waals surface area (Å²) in [7, 11) is 3.14. The van der Waals surface area contributed by atoms with Gasteiger partial charge in [0.1, 0.15) is 11.6 Å². The van der Waals surface area contributed by atoms with E-state index in [-0.39, 0.29) is 6.54 Å². The second-order valence-electron chi connectivity index (χ2n) is 5.14. The van der Waals surface area contributed by atoms with Gasteiger partial charge in [-0.2, -0.15) is 0 Å². The van der Waals surface area contributed by atoms with E-state index >= 15 is 0 Å². The van der Waals surface area contributed by atoms with E-state index in [1.807, 2.05) is 12.1 Å². The van der Waals surface area contributed by atoms with Crippen molar-refractivity contribution < 1.29 is 38.1 Å². The molecule has 0 aliphatic carbocycles. The fourth-order valence-corrected chi connectivity index (χ4v) is 2.01. The molecule has 0 aliphatic rings. The van der Waals surface area contributed by atoms with Crippen LogP contribution in [-0.4, -0.2) is 36.4 Å². The summed E-state index contributed by atoms with van der Waals surface area (Å²) in [6.07, 6.45) is 0. The Labute approximate surface area is 154 Å². The first-order valence-electron chi connectivity index (χ1n) is 7.60. The van der Waals surface area contributed by atoms with Gasteiger partial charge in [-0.3, -0.25) is 0 Å². The van der Waals surface area contributed by atoms with Crippen LogP contribution in [0.25, 0.3) is 0 Å². The monoisotopic (exact) mass is 383 g/mol. The van der Waals surface area contributed by atoms with Crippen molar-refractivity contribution in [3.8, 4) is 11.5 Å². The van der Waals surface area contributed by atoms with Gasteiger partial charge in [0.05, 0.1) is 14.2 Å². The third-order valence-corrected chi connectivity index (χ3v) is 3.28. The SMILES string of the molecule is COc1ccc(CNCc2cc(F)ccc2F)cc1OC.O=C(O)C(=O)O. The van der Waals surface area contributed by atoms with E-state index in [1.165, 1.54) is 6.07 Å². The van der Waals surface area contributed by atoms with Crippen molar-refractivity contribution >= 4 is 11.9 Å². The second kappa shape index (κ2) is 10.7. The van der Waals surface area contributed by atoms with Gasteiger partial charge in [-0.15, -0.1) is 0 Å². The topological polar surface area (TPSA) is 105 Å². The number of hydrogen-bond acceptors (Lipinski definition) is 5. The van der Waals surface area contributed by atoms with E-state index in [2.05, 4.69) is 5.32 Å². The molecule has 0 heterocycles. The van der Waals surface area contributed by atoms with Crippen LogP contribution in [0.4, 0.5) is 8.78 Å². The lowest BCUT2D eigenvalue weighted by Crippen LogP contribution is -2.14. The summed E-state index contributed by atoms with van der Waals surface area (Å²) >= 11 is 0. The molecule has 2 rings (SSSR count). The van der Waals surface area contributed by atoms with E-state index < -0.39 is 23.6 Å². The Kier molecular flexibility index (Phi) is 8.67. The molecule has 0 bridgehead atoms. The number of carboxylic acids is 2. The molecule has 7 nitrogen and oxygen atoms in total. The minimum Gasteiger partial charge on any atom is -0.493 e. The molecule has 2 aromatic carbocycles. The highest BCUT2D eigenvalue weighted by Crippen LogP contribution is 2.27. The van der Waals surface area contributed by atoms with Crippen LogP contribution in [0, 0.1) is 11.6 Å². The second-order valence-corrected chi connectivity index (χ2v) is 5.14. The lowest BCUT2D eigenvalue weighted by atomic mass is 10.1. The number of hydrogen-bond donors (Lipinski definition) is 3. The van der Waals surface area contributed by atoms with Crippen LogP contribution in [0.3, 0.4) is 0 Å². The van der Waals surface area contributed by atoms with E-state index in [1.54, 1.807) is 20.3 Å². The Morgan fingerprint density at radius 3 is 2.11 bits per heavy atom. The third-order valence-electron chi connectivity index (χ3n) is 3.28. The lowest BCUT2D eigenvalue weighted by Gasteiger charge is -2.10. The van der Waals surface area contributed by atoms with Gasteiger partial charge in [0.15, 0.2) is 11.5 Å². The molecule has 0 amide bonds. The summed E-state index contributed by atoms with van der Waals surface area (Å²) in [5.74, 6) is -3.23. The van der Waals surface area contributed by atoms with Crippen molar-refractivity contribution in [3.05, 3.63) is 59.2 Å². The number of carboxylic acid groups (broad SMARTS) is 2. The average Bonchev–Trinajstić information content (AvgIpc) is 2.64. The fraction of sp³-hybridized carbons (Fsp3) is 0.222. The number of ether oxygens (including phenoxy) is 2. The first-order valence-corrected chi connectivity index (χ1v) is 7.60. The first kappa shape index (κ1) is 21.8. The summed E-state index contributed by atoms with van der Waals surface area (Å²) in [5.41, 5.74) is 1.26. The van der Waals surface area contributed by atoms with E-state index in [0.29, 0.717) is 23.6 Å². The predicted octanol–water partition coefficient (Wildman–Crippen LogP) is 2.43. The van der Waals surface area contributed by atoms with Gasteiger partial charge in [0.25, 0.3) is 0 Å². The highest BCUT2D eigenvalue weighted by molar-refractivity contribution is 6.27. The predicted molar refractivity (Wildman–Crippen MR) is 91.7 cm³/mol. The Morgan fingerprint density at radius 2 is 1.56 bits per heavy atom. The van der Waals surface area contributed by atoms with Crippen LogP contribution >= 0.6 is 0 Å². The number of rotatable bonds is 6. The van der Waals surface area contributed by atoms with Crippen molar-refractivity contribution in [2.24, 2.45) is 0 Å². The maximum Gasteiger partial charge on any atom is 0.414 e. The van der Waals surface area contributed by atoms with Crippen molar-refractivity contribution in [3.63, 3.8) is 0 Å². The Hall–Kier alpha value is -3.20. The zero-order valence-electron chi connectivity index (χ0n) is 14.7. The maximum absolute atomic E-state index is 13.5. The zero-order chi connectivity index (χ0) is 20.4. The number of aliphatic carboxylic acids is 2. The normalized spacial score (nSPS) is 9.78. The quantitative estimate of drug-likeness (QED) is 0.658. The first-order chi connectivity index (χ1) is 12.8. The summed E-state index contributed by atoms with van der Waals surface area (Å²) in [6.45, 7) is 0.758. The van der Waals surface area contributed by atoms with Gasteiger partial charge in [-0.05, 0) is 35.9 Å². The molecule has 27 heavy (non-hydrogen) atoms. The van der Waals surface area contributed by atoms with Crippen LogP contribution < -0.4 is 14.8 Å². The van der Waals surface area contributed by atoms with Crippen LogP contribution in [0.5, 0.6) is 11.5 Å². The molecule has 0 atom stereocenters. The maximum atomic E-state index is 13.5. The van der Waals surface area contributed by atoms with Crippen molar-refractivity contribution in [2.75, 3.05) is 14.2 Å². The lowest BCUT2D eigenvalue weighted by molar-refractivity contribution is -0.159. The van der Waals surface area contributed by atoms with Crippen molar-refractivity contribution in [2.45, 2.75) is 13.1 Å². The molecule has 0 aliphatic heterocycles. The number of nitrogens with one attached hydrogen (secondary N) is 1. The molecule has 0 fully saturated rings. The number of methoxy groups -OCH3 is 2. The van der Waals surface area contributed by atoms with Crippen molar-refractivity contribution in [1.29, 1.82) is 0 Å². The molecule has 2 aromatic rings. The third kappa shape index (κ3) is 7.28. The smallest absolute Gasteiger partial charge is 0.414 e. The fourth-order valence-electron chi connectivity index (χ4n) is 2.01. The minimum atomic E-state index is -1.82. The summed E-state index contributed by atoms with van der Waals surface area (Å²) in [6, 6.07) is 8.95. The standard InChI is InChI=1S/C16H17F2NO2.C2H2O4/c1-20-15-6-3-11(7-16(15)21-2)9-19-10-12-8-13(17)4-5-14(12)18;3-1(4)2(5)6/h3-8,19H,9-10H2,1-2H3;(H,3,4)(H,5,6). The summed E-state index contributed by atoms with van der Waals surface area (Å²) < 4.78 is 36.9. The van der Waals surface area contributed by atoms with Gasteiger partial charge in [0.2, 0.25) is 0 Å². The van der Waals surface area contributed by atoms with Crippen LogP contribution in [-0.2, 0) is 22.7 Å². The van der Waals surface area contributed by atoms with Crippen LogP contribution in [0.15, 0.2) is 36.4 Å². The molecule has 0 spiro atoms. The number of benzene rings is 2. The van der Waals surface area contributed by atoms with Gasteiger partial charge in [-0.25, -0.2) is 18.4 Å². The Morgan fingerprint density at radius 1 is 0.926 bits per heavy atom. The Balaban J connectivity index is 0.000000527. The summed E-state index contributed by atoms with van der Waals surface area (Å²) in [4.78, 5) is 18.2. The van der Waals surface area contributed by atoms with Gasteiger partial charge in [-0.1, -0.05) is 6.07 Å².